The summed E-state index contributed by atoms with van der Waals surface area (Å²) in [5.41, 5.74) is 0.211. The van der Waals surface area contributed by atoms with E-state index in [9.17, 15) is 9.18 Å². The second-order valence-corrected chi connectivity index (χ2v) is 5.79. The van der Waals surface area contributed by atoms with Crippen molar-refractivity contribution >= 4 is 5.78 Å². The van der Waals surface area contributed by atoms with Gasteiger partial charge in [0, 0.05) is 24.2 Å². The molecule has 2 saturated heterocycles. The number of Topliss-reactive ketones (excluding diaryl/α,β-unsaturated/α-hetero) is 1. The Labute approximate surface area is 112 Å². The van der Waals surface area contributed by atoms with Crippen LogP contribution in [0.25, 0.3) is 0 Å². The van der Waals surface area contributed by atoms with Gasteiger partial charge in [0.2, 0.25) is 0 Å². The van der Waals surface area contributed by atoms with Gasteiger partial charge in [-0.2, -0.15) is 0 Å². The van der Waals surface area contributed by atoms with Gasteiger partial charge in [0.15, 0.2) is 11.6 Å². The largest absolute Gasteiger partial charge is 0.300 e. The highest BCUT2D eigenvalue weighted by Gasteiger charge is 2.39. The van der Waals surface area contributed by atoms with E-state index in [0.717, 1.165) is 31.9 Å². The fourth-order valence-electron chi connectivity index (χ4n) is 3.62. The molecule has 0 amide bonds. The second kappa shape index (κ2) is 5.00. The summed E-state index contributed by atoms with van der Waals surface area (Å²) in [5.74, 6) is -0.551. The highest BCUT2D eigenvalue weighted by atomic mass is 19.1. The highest BCUT2D eigenvalue weighted by Crippen LogP contribution is 2.37. The summed E-state index contributed by atoms with van der Waals surface area (Å²) in [6.45, 7) is 0. The molecule has 3 rings (SSSR count). The predicted molar refractivity (Wildman–Crippen MR) is 70.4 cm³/mol. The van der Waals surface area contributed by atoms with Gasteiger partial charge >= 0.3 is 0 Å². The minimum absolute atomic E-state index is 0.0246. The van der Waals surface area contributed by atoms with Crippen LogP contribution in [-0.2, 0) is 0 Å². The monoisotopic (exact) mass is 262 g/mol. The highest BCUT2D eigenvalue weighted by molar-refractivity contribution is 5.98. The molecular formula is C15H19FN2O. The van der Waals surface area contributed by atoms with Gasteiger partial charge in [-0.05, 0) is 38.8 Å². The van der Waals surface area contributed by atoms with Gasteiger partial charge < -0.3 is 4.90 Å². The molecule has 0 radical (unpaired) electrons. The maximum atomic E-state index is 13.7. The minimum atomic E-state index is -0.489. The molecule has 0 aromatic carbocycles. The van der Waals surface area contributed by atoms with Crippen LogP contribution >= 0.6 is 0 Å². The molecule has 0 N–H and O–H groups in total. The number of hydrogen-bond acceptors (Lipinski definition) is 3. The van der Waals surface area contributed by atoms with Crippen LogP contribution in [0.1, 0.15) is 42.5 Å². The van der Waals surface area contributed by atoms with E-state index in [1.54, 1.807) is 0 Å². The van der Waals surface area contributed by atoms with Crippen molar-refractivity contribution in [3.63, 3.8) is 0 Å². The lowest BCUT2D eigenvalue weighted by Gasteiger charge is -2.46. The molecule has 2 fully saturated rings. The molecule has 102 valence electrons. The lowest BCUT2D eigenvalue weighted by Crippen LogP contribution is -2.51. The Kier molecular flexibility index (Phi) is 3.35. The van der Waals surface area contributed by atoms with Crippen molar-refractivity contribution < 1.29 is 9.18 Å². The molecule has 2 atom stereocenters. The Balaban J connectivity index is 1.80. The Morgan fingerprint density at radius 1 is 1.37 bits per heavy atom. The Hall–Kier alpha value is -1.29. The first kappa shape index (κ1) is 12.7. The number of carbonyl (C=O) groups is 1. The summed E-state index contributed by atoms with van der Waals surface area (Å²) in [5, 5.41) is 0. The fourth-order valence-corrected chi connectivity index (χ4v) is 3.62. The van der Waals surface area contributed by atoms with Crippen LogP contribution in [0.2, 0.25) is 0 Å². The summed E-state index contributed by atoms with van der Waals surface area (Å²) in [4.78, 5) is 18.6. The molecule has 2 unspecified atom stereocenters. The molecular weight excluding hydrogens is 243 g/mol. The molecule has 0 spiro atoms. The van der Waals surface area contributed by atoms with Crippen LogP contribution in [0.15, 0.2) is 18.5 Å². The SMILES string of the molecule is CN1C2CCCC1CC(C(=O)c1ccncc1F)C2. The first-order valence-electron chi connectivity index (χ1n) is 7.02. The van der Waals surface area contributed by atoms with Gasteiger partial charge in [0.05, 0.1) is 11.8 Å². The predicted octanol–water partition coefficient (Wildman–Crippen LogP) is 2.67. The van der Waals surface area contributed by atoms with Crippen molar-refractivity contribution in [1.29, 1.82) is 0 Å². The third-order valence-corrected chi connectivity index (χ3v) is 4.75. The van der Waals surface area contributed by atoms with Crippen molar-refractivity contribution in [2.75, 3.05) is 7.05 Å². The quantitative estimate of drug-likeness (QED) is 0.768. The molecule has 2 aliphatic rings. The van der Waals surface area contributed by atoms with E-state index in [1.165, 1.54) is 18.7 Å². The maximum Gasteiger partial charge on any atom is 0.169 e. The zero-order valence-electron chi connectivity index (χ0n) is 11.2. The minimum Gasteiger partial charge on any atom is -0.300 e. The number of ketones is 1. The number of piperidine rings is 2. The zero-order chi connectivity index (χ0) is 13.4. The maximum absolute atomic E-state index is 13.7. The van der Waals surface area contributed by atoms with Gasteiger partial charge in [-0.15, -0.1) is 0 Å². The first-order chi connectivity index (χ1) is 9.16. The summed E-state index contributed by atoms with van der Waals surface area (Å²) < 4.78 is 13.7. The molecule has 0 aliphatic carbocycles. The lowest BCUT2D eigenvalue weighted by atomic mass is 9.76. The molecule has 2 bridgehead atoms. The average Bonchev–Trinajstić information content (AvgIpc) is 2.38. The fraction of sp³-hybridized carbons (Fsp3) is 0.600. The molecule has 2 aliphatic heterocycles. The van der Waals surface area contributed by atoms with Crippen LogP contribution in [-0.4, -0.2) is 34.8 Å². The number of aromatic nitrogens is 1. The second-order valence-electron chi connectivity index (χ2n) is 5.79. The van der Waals surface area contributed by atoms with Gasteiger partial charge in [-0.3, -0.25) is 9.78 Å². The number of hydrogen-bond donors (Lipinski definition) is 0. The molecule has 19 heavy (non-hydrogen) atoms. The lowest BCUT2D eigenvalue weighted by molar-refractivity contribution is 0.0337. The topological polar surface area (TPSA) is 33.2 Å². The van der Waals surface area contributed by atoms with Crippen LogP contribution in [0, 0.1) is 11.7 Å². The molecule has 0 saturated carbocycles. The third kappa shape index (κ3) is 2.29. The number of carbonyl (C=O) groups excluding carboxylic acids is 1. The van der Waals surface area contributed by atoms with Crippen LogP contribution < -0.4 is 0 Å². The molecule has 4 heteroatoms. The average molecular weight is 262 g/mol. The molecule has 3 nitrogen and oxygen atoms in total. The van der Waals surface area contributed by atoms with Crippen molar-refractivity contribution in [2.45, 2.75) is 44.2 Å². The van der Waals surface area contributed by atoms with Crippen LogP contribution in [0.5, 0.6) is 0 Å². The Morgan fingerprint density at radius 3 is 2.68 bits per heavy atom. The van der Waals surface area contributed by atoms with E-state index < -0.39 is 5.82 Å². The van der Waals surface area contributed by atoms with Gasteiger partial charge in [-0.1, -0.05) is 6.42 Å². The van der Waals surface area contributed by atoms with E-state index >= 15 is 0 Å². The standard InChI is InChI=1S/C15H19FN2O/c1-18-11-3-2-4-12(18)8-10(7-11)15(19)13-5-6-17-9-14(13)16/h5-6,9-12H,2-4,7-8H2,1H3. The summed E-state index contributed by atoms with van der Waals surface area (Å²) in [7, 11) is 2.15. The molecule has 1 aromatic heterocycles. The number of nitrogens with zero attached hydrogens (tertiary/aromatic N) is 2. The summed E-state index contributed by atoms with van der Waals surface area (Å²) in [6, 6.07) is 2.49. The van der Waals surface area contributed by atoms with Crippen molar-refractivity contribution in [3.05, 3.63) is 29.8 Å². The van der Waals surface area contributed by atoms with Crippen LogP contribution in [0.3, 0.4) is 0 Å². The Bertz CT molecular complexity index is 477. The number of pyridine rings is 1. The van der Waals surface area contributed by atoms with E-state index in [2.05, 4.69) is 16.9 Å². The number of halogens is 1. The van der Waals surface area contributed by atoms with Crippen LogP contribution in [0.4, 0.5) is 4.39 Å². The van der Waals surface area contributed by atoms with E-state index in [-0.39, 0.29) is 17.3 Å². The number of fused-ring (bicyclic) bond motifs is 2. The smallest absolute Gasteiger partial charge is 0.169 e. The van der Waals surface area contributed by atoms with Crippen molar-refractivity contribution in [1.82, 2.24) is 9.88 Å². The van der Waals surface area contributed by atoms with Gasteiger partial charge in [0.1, 0.15) is 0 Å². The van der Waals surface area contributed by atoms with Crippen molar-refractivity contribution in [2.24, 2.45) is 5.92 Å². The van der Waals surface area contributed by atoms with Crippen molar-refractivity contribution in [3.8, 4) is 0 Å². The van der Waals surface area contributed by atoms with Gasteiger partial charge in [0.25, 0.3) is 0 Å². The Morgan fingerprint density at radius 2 is 2.05 bits per heavy atom. The third-order valence-electron chi connectivity index (χ3n) is 4.75. The van der Waals surface area contributed by atoms with Gasteiger partial charge in [-0.25, -0.2) is 4.39 Å². The number of rotatable bonds is 2. The van der Waals surface area contributed by atoms with E-state index in [0.29, 0.717) is 12.1 Å². The molecule has 3 heterocycles. The zero-order valence-corrected chi connectivity index (χ0v) is 11.2. The summed E-state index contributed by atoms with van der Waals surface area (Å²) >= 11 is 0. The first-order valence-corrected chi connectivity index (χ1v) is 7.02. The molecule has 1 aromatic rings. The van der Waals surface area contributed by atoms with E-state index in [4.69, 9.17) is 0 Å². The van der Waals surface area contributed by atoms with E-state index in [1.807, 2.05) is 0 Å². The normalized spacial score (nSPS) is 31.2. The summed E-state index contributed by atoms with van der Waals surface area (Å²) in [6.07, 6.45) is 7.94.